The summed E-state index contributed by atoms with van der Waals surface area (Å²) >= 11 is 4.99. The van der Waals surface area contributed by atoms with Gasteiger partial charge in [0.25, 0.3) is 0 Å². The van der Waals surface area contributed by atoms with Crippen LogP contribution in [0.2, 0.25) is 0 Å². The molecule has 0 amide bonds. The fraction of sp³-hybridized carbons (Fsp3) is 0.357. The number of nitrogens with zero attached hydrogens (tertiary/aromatic N) is 2. The number of aromatic carboxylic acids is 1. The molecule has 2 heterocycles. The lowest BCUT2D eigenvalue weighted by molar-refractivity contribution is 0.0696. The summed E-state index contributed by atoms with van der Waals surface area (Å²) < 4.78 is 1.02. The van der Waals surface area contributed by atoms with E-state index in [4.69, 9.17) is 0 Å². The maximum atomic E-state index is 11.6. The molecule has 7 heteroatoms. The number of halogens is 1. The number of hydrogen-bond donors (Lipinski definition) is 2. The third kappa shape index (κ3) is 3.59. The number of carboxylic acid groups (broad SMARTS) is 1. The van der Waals surface area contributed by atoms with Crippen LogP contribution < -0.4 is 5.32 Å². The first-order valence-electron chi connectivity index (χ1n) is 6.65. The first-order valence-corrected chi connectivity index (χ1v) is 8.32. The number of rotatable bonds is 6. The average Bonchev–Trinajstić information content (AvgIpc) is 2.89. The number of carboxylic acids is 1. The minimum absolute atomic E-state index is 0.236. The van der Waals surface area contributed by atoms with E-state index >= 15 is 0 Å². The molecule has 112 valence electrons. The first-order chi connectivity index (χ1) is 10.1. The van der Waals surface area contributed by atoms with Gasteiger partial charge in [-0.25, -0.2) is 4.79 Å². The number of aromatic nitrogens is 2. The van der Waals surface area contributed by atoms with Crippen molar-refractivity contribution in [2.24, 2.45) is 0 Å². The Balaban J connectivity index is 2.32. The molecule has 0 fully saturated rings. The van der Waals surface area contributed by atoms with Crippen LogP contribution in [-0.2, 0) is 19.4 Å². The smallest absolute Gasteiger partial charge is 0.339 e. The van der Waals surface area contributed by atoms with Crippen molar-refractivity contribution in [1.82, 2.24) is 10.2 Å². The van der Waals surface area contributed by atoms with Gasteiger partial charge in [-0.2, -0.15) is 5.10 Å². The molecule has 0 unspecified atom stereocenters. The third-order valence-electron chi connectivity index (χ3n) is 3.11. The normalized spacial score (nSPS) is 10.6. The van der Waals surface area contributed by atoms with E-state index in [0.29, 0.717) is 25.2 Å². The van der Waals surface area contributed by atoms with Gasteiger partial charge in [-0.1, -0.05) is 13.8 Å². The monoisotopic (exact) mass is 369 g/mol. The Morgan fingerprint density at radius 1 is 1.38 bits per heavy atom. The molecule has 0 aliphatic carbocycles. The summed E-state index contributed by atoms with van der Waals surface area (Å²) in [5.74, 6) is -0.632. The molecule has 0 aliphatic heterocycles. The van der Waals surface area contributed by atoms with Gasteiger partial charge in [-0.05, 0) is 40.4 Å². The predicted molar refractivity (Wildman–Crippen MR) is 87.1 cm³/mol. The van der Waals surface area contributed by atoms with Crippen LogP contribution in [0.25, 0.3) is 0 Å². The second-order valence-electron chi connectivity index (χ2n) is 4.45. The van der Waals surface area contributed by atoms with E-state index in [1.54, 1.807) is 11.3 Å². The molecule has 0 radical (unpaired) electrons. The molecule has 2 rings (SSSR count). The summed E-state index contributed by atoms with van der Waals surface area (Å²) in [5.41, 5.74) is 1.74. The van der Waals surface area contributed by atoms with Gasteiger partial charge in [-0.3, -0.25) is 0 Å². The van der Waals surface area contributed by atoms with E-state index in [0.717, 1.165) is 20.6 Å². The van der Waals surface area contributed by atoms with Gasteiger partial charge in [0, 0.05) is 14.7 Å². The SMILES string of the molecule is CCc1nnc(NCc2cc(Br)cs2)c(C(=O)O)c1CC. The van der Waals surface area contributed by atoms with E-state index in [1.807, 2.05) is 25.3 Å². The van der Waals surface area contributed by atoms with Crippen LogP contribution in [0.3, 0.4) is 0 Å². The maximum Gasteiger partial charge on any atom is 0.339 e. The number of nitrogens with one attached hydrogen (secondary N) is 1. The van der Waals surface area contributed by atoms with Crippen LogP contribution in [0, 0.1) is 0 Å². The molecule has 2 N–H and O–H groups in total. The number of thiophene rings is 1. The summed E-state index contributed by atoms with van der Waals surface area (Å²) in [6.07, 6.45) is 1.30. The Bertz CT molecular complexity index is 658. The zero-order valence-electron chi connectivity index (χ0n) is 11.8. The Morgan fingerprint density at radius 2 is 2.14 bits per heavy atom. The second kappa shape index (κ2) is 7.00. The van der Waals surface area contributed by atoms with Crippen molar-refractivity contribution in [2.45, 2.75) is 33.2 Å². The number of hydrogen-bond acceptors (Lipinski definition) is 5. The predicted octanol–water partition coefficient (Wildman–Crippen LogP) is 3.74. The Kier molecular flexibility index (Phi) is 5.30. The van der Waals surface area contributed by atoms with E-state index in [-0.39, 0.29) is 5.56 Å². The number of anilines is 1. The van der Waals surface area contributed by atoms with Crippen molar-refractivity contribution < 1.29 is 9.90 Å². The molecule has 0 saturated carbocycles. The van der Waals surface area contributed by atoms with Crippen LogP contribution in [0.4, 0.5) is 5.82 Å². The number of aryl methyl sites for hydroxylation is 1. The third-order valence-corrected chi connectivity index (χ3v) is 4.81. The first kappa shape index (κ1) is 15.9. The van der Waals surface area contributed by atoms with Crippen LogP contribution in [0.1, 0.15) is 40.3 Å². The van der Waals surface area contributed by atoms with Gasteiger partial charge in [0.05, 0.1) is 12.2 Å². The van der Waals surface area contributed by atoms with Gasteiger partial charge in [-0.15, -0.1) is 16.4 Å². The highest BCUT2D eigenvalue weighted by Gasteiger charge is 2.20. The van der Waals surface area contributed by atoms with Crippen LogP contribution >= 0.6 is 27.3 Å². The molecular weight excluding hydrogens is 354 g/mol. The van der Waals surface area contributed by atoms with Gasteiger partial charge < -0.3 is 10.4 Å². The summed E-state index contributed by atoms with van der Waals surface area (Å²) in [6.45, 7) is 4.41. The Labute approximate surface area is 135 Å². The lowest BCUT2D eigenvalue weighted by Crippen LogP contribution is -2.14. The largest absolute Gasteiger partial charge is 0.478 e. The van der Waals surface area contributed by atoms with Crippen molar-refractivity contribution >= 4 is 39.1 Å². The van der Waals surface area contributed by atoms with Crippen LogP contribution in [0.15, 0.2) is 15.9 Å². The van der Waals surface area contributed by atoms with Crippen molar-refractivity contribution in [2.75, 3.05) is 5.32 Å². The van der Waals surface area contributed by atoms with Crippen molar-refractivity contribution in [3.63, 3.8) is 0 Å². The second-order valence-corrected chi connectivity index (χ2v) is 6.36. The van der Waals surface area contributed by atoms with Crippen molar-refractivity contribution in [3.8, 4) is 0 Å². The topological polar surface area (TPSA) is 75.1 Å². The van der Waals surface area contributed by atoms with Crippen molar-refractivity contribution in [3.05, 3.63) is 37.6 Å². The molecule has 0 atom stereocenters. The highest BCUT2D eigenvalue weighted by atomic mass is 79.9. The number of carbonyl (C=O) groups is 1. The molecule has 0 aromatic carbocycles. The summed E-state index contributed by atoms with van der Waals surface area (Å²) in [4.78, 5) is 12.7. The molecular formula is C14H16BrN3O2S. The Morgan fingerprint density at radius 3 is 2.67 bits per heavy atom. The van der Waals surface area contributed by atoms with Crippen molar-refractivity contribution in [1.29, 1.82) is 0 Å². The summed E-state index contributed by atoms with van der Waals surface area (Å²) in [5, 5.41) is 22.8. The van der Waals surface area contributed by atoms with E-state index in [9.17, 15) is 9.90 Å². The van der Waals surface area contributed by atoms with Crippen LogP contribution in [0.5, 0.6) is 0 Å². The molecule has 2 aromatic heterocycles. The highest BCUT2D eigenvalue weighted by Crippen LogP contribution is 2.24. The molecule has 0 saturated heterocycles. The minimum atomic E-state index is -0.966. The van der Waals surface area contributed by atoms with E-state index in [1.165, 1.54) is 0 Å². The average molecular weight is 370 g/mol. The molecule has 5 nitrogen and oxygen atoms in total. The lowest BCUT2D eigenvalue weighted by atomic mass is 10.0. The molecule has 0 aliphatic rings. The zero-order valence-corrected chi connectivity index (χ0v) is 14.2. The Hall–Kier alpha value is -1.47. The summed E-state index contributed by atoms with van der Waals surface area (Å²) in [7, 11) is 0. The van der Waals surface area contributed by atoms with Gasteiger partial charge >= 0.3 is 5.97 Å². The van der Waals surface area contributed by atoms with E-state index in [2.05, 4.69) is 31.4 Å². The maximum absolute atomic E-state index is 11.6. The quantitative estimate of drug-likeness (QED) is 0.810. The molecule has 21 heavy (non-hydrogen) atoms. The van der Waals surface area contributed by atoms with Crippen LogP contribution in [-0.4, -0.2) is 21.3 Å². The van der Waals surface area contributed by atoms with Gasteiger partial charge in [0.15, 0.2) is 5.82 Å². The fourth-order valence-electron chi connectivity index (χ4n) is 2.14. The molecule has 0 bridgehead atoms. The standard InChI is InChI=1S/C14H16BrN3O2S/c1-3-10-11(4-2)17-18-13(12(10)14(19)20)16-6-9-5-8(15)7-21-9/h5,7H,3-4,6H2,1-2H3,(H,16,18)(H,19,20). The zero-order chi connectivity index (χ0) is 15.4. The molecule has 2 aromatic rings. The lowest BCUT2D eigenvalue weighted by Gasteiger charge is -2.13. The molecule has 0 spiro atoms. The highest BCUT2D eigenvalue weighted by molar-refractivity contribution is 9.10. The summed E-state index contributed by atoms with van der Waals surface area (Å²) in [6, 6.07) is 1.99. The van der Waals surface area contributed by atoms with E-state index < -0.39 is 5.97 Å². The van der Waals surface area contributed by atoms with Gasteiger partial charge in [0.1, 0.15) is 5.56 Å². The fourth-order valence-corrected chi connectivity index (χ4v) is 3.54. The minimum Gasteiger partial charge on any atom is -0.478 e. The van der Waals surface area contributed by atoms with Gasteiger partial charge in [0.2, 0.25) is 0 Å².